The summed E-state index contributed by atoms with van der Waals surface area (Å²) in [4.78, 5) is 18.4. The van der Waals surface area contributed by atoms with Gasteiger partial charge in [-0.1, -0.05) is 13.8 Å². The first-order chi connectivity index (χ1) is 5.95. The molecule has 0 saturated carbocycles. The van der Waals surface area contributed by atoms with Crippen LogP contribution in [0.3, 0.4) is 0 Å². The standard InChI is InChI=1S/C5H10O2.C2H6O.CH3NO/c1-4(2)3-5(6)7;1-3-2;2-1-3/h4H,3H2,1-2H3,(H,6,7);1-2H3;1H,(H2,2,3). The molecule has 0 aliphatic carbocycles. The van der Waals surface area contributed by atoms with E-state index in [0.717, 1.165) is 0 Å². The Bertz CT molecular complexity index is 115. The molecule has 80 valence electrons. The number of primary amides is 1. The van der Waals surface area contributed by atoms with Crippen molar-refractivity contribution in [2.45, 2.75) is 20.3 Å². The zero-order valence-corrected chi connectivity index (χ0v) is 8.61. The summed E-state index contributed by atoms with van der Waals surface area (Å²) < 4.78 is 4.25. The molecule has 13 heavy (non-hydrogen) atoms. The van der Waals surface area contributed by atoms with Gasteiger partial charge in [0.15, 0.2) is 0 Å². The predicted octanol–water partition coefficient (Wildman–Crippen LogP) is 0.481. The smallest absolute Gasteiger partial charge is 0.303 e. The first-order valence-electron chi connectivity index (χ1n) is 3.73. The van der Waals surface area contributed by atoms with Gasteiger partial charge in [0.05, 0.1) is 0 Å². The van der Waals surface area contributed by atoms with Gasteiger partial charge in [0.2, 0.25) is 6.41 Å². The second kappa shape index (κ2) is 17.1. The lowest BCUT2D eigenvalue weighted by Gasteiger charge is -1.94. The molecule has 0 aromatic rings. The quantitative estimate of drug-likeness (QED) is 0.624. The fourth-order valence-corrected chi connectivity index (χ4v) is 0.349. The van der Waals surface area contributed by atoms with Gasteiger partial charge >= 0.3 is 5.97 Å². The van der Waals surface area contributed by atoms with E-state index in [1.165, 1.54) is 0 Å². The van der Waals surface area contributed by atoms with Crippen molar-refractivity contribution in [3.8, 4) is 0 Å². The molecule has 0 atom stereocenters. The molecule has 0 unspecified atom stereocenters. The van der Waals surface area contributed by atoms with E-state index in [0.29, 0.717) is 0 Å². The predicted molar refractivity (Wildman–Crippen MR) is 50.3 cm³/mol. The van der Waals surface area contributed by atoms with Crippen LogP contribution < -0.4 is 5.73 Å². The van der Waals surface area contributed by atoms with E-state index >= 15 is 0 Å². The summed E-state index contributed by atoms with van der Waals surface area (Å²) in [6.07, 6.45) is 0.528. The Morgan fingerprint density at radius 3 is 1.77 bits per heavy atom. The van der Waals surface area contributed by atoms with Crippen LogP contribution >= 0.6 is 0 Å². The number of carbonyl (C=O) groups is 2. The molecule has 3 N–H and O–H groups in total. The Hall–Kier alpha value is -1.10. The van der Waals surface area contributed by atoms with E-state index in [2.05, 4.69) is 10.5 Å². The molecule has 0 aliphatic heterocycles. The molecule has 0 radical (unpaired) electrons. The molecule has 1 amide bonds. The van der Waals surface area contributed by atoms with Crippen LogP contribution in [0.15, 0.2) is 0 Å². The highest BCUT2D eigenvalue weighted by molar-refractivity contribution is 5.66. The number of carbonyl (C=O) groups excluding carboxylic acids is 1. The highest BCUT2D eigenvalue weighted by atomic mass is 16.4. The first-order valence-corrected chi connectivity index (χ1v) is 3.73. The van der Waals surface area contributed by atoms with Crippen molar-refractivity contribution in [1.82, 2.24) is 0 Å². The molecular formula is C8H19NO4. The number of hydrogen-bond donors (Lipinski definition) is 2. The van der Waals surface area contributed by atoms with Crippen LogP contribution in [0.2, 0.25) is 0 Å². The maximum Gasteiger partial charge on any atom is 0.303 e. The van der Waals surface area contributed by atoms with Crippen LogP contribution in [0.25, 0.3) is 0 Å². The van der Waals surface area contributed by atoms with Crippen LogP contribution in [0.1, 0.15) is 20.3 Å². The molecule has 5 nitrogen and oxygen atoms in total. The summed E-state index contributed by atoms with van der Waals surface area (Å²) in [7, 11) is 3.25. The average Bonchev–Trinajstić information content (AvgIpc) is 1.86. The number of rotatable bonds is 2. The number of carboxylic acids is 1. The van der Waals surface area contributed by atoms with Gasteiger partial charge in [-0.2, -0.15) is 0 Å². The summed E-state index contributed by atoms with van der Waals surface area (Å²) in [5, 5.41) is 8.08. The third-order valence-electron chi connectivity index (χ3n) is 0.583. The maximum atomic E-state index is 9.81. The minimum Gasteiger partial charge on any atom is -0.481 e. The fourth-order valence-electron chi connectivity index (χ4n) is 0.349. The summed E-state index contributed by atoms with van der Waals surface area (Å²) in [5.74, 6) is -0.438. The molecule has 0 rings (SSSR count). The maximum absolute atomic E-state index is 9.81. The zero-order valence-electron chi connectivity index (χ0n) is 8.61. The topological polar surface area (TPSA) is 89.6 Å². The van der Waals surface area contributed by atoms with Crippen LogP contribution in [0, 0.1) is 5.92 Å². The summed E-state index contributed by atoms with van der Waals surface area (Å²) in [5.41, 5.74) is 4.17. The lowest BCUT2D eigenvalue weighted by Crippen LogP contribution is -1.99. The average molecular weight is 193 g/mol. The van der Waals surface area contributed by atoms with Gasteiger partial charge in [-0.05, 0) is 5.92 Å². The molecule has 0 fully saturated rings. The number of carboxylic acid groups (broad SMARTS) is 1. The second-order valence-corrected chi connectivity index (χ2v) is 2.54. The van der Waals surface area contributed by atoms with E-state index in [1.54, 1.807) is 14.2 Å². The number of ether oxygens (including phenoxy) is 1. The van der Waals surface area contributed by atoms with Crippen molar-refractivity contribution in [2.75, 3.05) is 14.2 Å². The number of methoxy groups -OCH3 is 1. The Kier molecular flexibility index (Phi) is 23.5. The van der Waals surface area contributed by atoms with Gasteiger partial charge in [-0.3, -0.25) is 9.59 Å². The minimum absolute atomic E-state index is 0.250. The van der Waals surface area contributed by atoms with Gasteiger partial charge < -0.3 is 15.6 Å². The van der Waals surface area contributed by atoms with Crippen molar-refractivity contribution in [3.05, 3.63) is 0 Å². The molecule has 0 saturated heterocycles. The molecule has 0 aromatic carbocycles. The summed E-state index contributed by atoms with van der Waals surface area (Å²) in [6, 6.07) is 0. The number of aliphatic carboxylic acids is 1. The Morgan fingerprint density at radius 2 is 1.77 bits per heavy atom. The van der Waals surface area contributed by atoms with Crippen molar-refractivity contribution < 1.29 is 19.4 Å². The van der Waals surface area contributed by atoms with E-state index in [9.17, 15) is 4.79 Å². The van der Waals surface area contributed by atoms with Crippen LogP contribution in [-0.4, -0.2) is 31.7 Å². The molecule has 0 spiro atoms. The van der Waals surface area contributed by atoms with E-state index in [1.807, 2.05) is 13.8 Å². The highest BCUT2D eigenvalue weighted by Gasteiger charge is 1.98. The highest BCUT2D eigenvalue weighted by Crippen LogP contribution is 1.96. The number of nitrogens with two attached hydrogens (primary N) is 1. The molecule has 0 aromatic heterocycles. The lowest BCUT2D eigenvalue weighted by molar-refractivity contribution is -0.137. The molecular weight excluding hydrogens is 174 g/mol. The Morgan fingerprint density at radius 1 is 1.54 bits per heavy atom. The minimum atomic E-state index is -0.713. The van der Waals surface area contributed by atoms with Crippen LogP contribution in [-0.2, 0) is 14.3 Å². The Balaban J connectivity index is -0.000000140. The zero-order chi connectivity index (χ0) is 11.3. The summed E-state index contributed by atoms with van der Waals surface area (Å²) >= 11 is 0. The summed E-state index contributed by atoms with van der Waals surface area (Å²) in [6.45, 7) is 3.77. The third-order valence-corrected chi connectivity index (χ3v) is 0.583. The van der Waals surface area contributed by atoms with Gasteiger partial charge in [-0.25, -0.2) is 0 Å². The van der Waals surface area contributed by atoms with Gasteiger partial charge in [0.1, 0.15) is 0 Å². The fraction of sp³-hybridized carbons (Fsp3) is 0.750. The molecule has 5 heteroatoms. The normalized spacial score (nSPS) is 7.46. The lowest BCUT2D eigenvalue weighted by atomic mass is 10.1. The van der Waals surface area contributed by atoms with Crippen LogP contribution in [0.5, 0.6) is 0 Å². The van der Waals surface area contributed by atoms with Crippen molar-refractivity contribution >= 4 is 12.4 Å². The van der Waals surface area contributed by atoms with Gasteiger partial charge in [-0.15, -0.1) is 0 Å². The molecule has 0 bridgehead atoms. The third kappa shape index (κ3) is 103. The second-order valence-electron chi connectivity index (χ2n) is 2.54. The van der Waals surface area contributed by atoms with Crippen LogP contribution in [0.4, 0.5) is 0 Å². The van der Waals surface area contributed by atoms with Crippen molar-refractivity contribution in [1.29, 1.82) is 0 Å². The monoisotopic (exact) mass is 193 g/mol. The number of hydrogen-bond acceptors (Lipinski definition) is 3. The van der Waals surface area contributed by atoms with Crippen molar-refractivity contribution in [3.63, 3.8) is 0 Å². The van der Waals surface area contributed by atoms with Gasteiger partial charge in [0, 0.05) is 20.6 Å². The SMILES string of the molecule is CC(C)CC(=O)O.COC.NC=O. The van der Waals surface area contributed by atoms with E-state index in [4.69, 9.17) is 9.90 Å². The van der Waals surface area contributed by atoms with Crippen molar-refractivity contribution in [2.24, 2.45) is 11.7 Å². The largest absolute Gasteiger partial charge is 0.481 e. The first kappa shape index (κ1) is 17.8. The Labute approximate surface area is 78.9 Å². The van der Waals surface area contributed by atoms with E-state index in [-0.39, 0.29) is 18.7 Å². The molecule has 0 aliphatic rings. The van der Waals surface area contributed by atoms with E-state index < -0.39 is 5.97 Å². The number of amides is 1. The van der Waals surface area contributed by atoms with Gasteiger partial charge in [0.25, 0.3) is 0 Å². The molecule has 0 heterocycles.